The number of aryl methyl sites for hydroxylation is 1. The Kier molecular flexibility index (Phi) is 4.56. The zero-order chi connectivity index (χ0) is 14.9. The van der Waals surface area contributed by atoms with Gasteiger partial charge in [-0.25, -0.2) is 13.1 Å². The van der Waals surface area contributed by atoms with E-state index in [-0.39, 0.29) is 6.04 Å². The molecule has 0 bridgehead atoms. The van der Waals surface area contributed by atoms with Gasteiger partial charge in [-0.15, -0.1) is 0 Å². The highest BCUT2D eigenvalue weighted by Crippen LogP contribution is 2.30. The van der Waals surface area contributed by atoms with Gasteiger partial charge in [0.25, 0.3) is 0 Å². The van der Waals surface area contributed by atoms with E-state index in [9.17, 15) is 8.42 Å². The molecule has 1 saturated carbocycles. The highest BCUT2D eigenvalue weighted by atomic mass is 32.2. The number of nitrogens with zero attached hydrogens (tertiary/aromatic N) is 1. The lowest BCUT2D eigenvalue weighted by Gasteiger charge is -2.34. The molecule has 0 aliphatic heterocycles. The predicted molar refractivity (Wildman–Crippen MR) is 79.6 cm³/mol. The maximum atomic E-state index is 12.5. The van der Waals surface area contributed by atoms with Crippen molar-refractivity contribution in [3.8, 4) is 0 Å². The molecule has 20 heavy (non-hydrogen) atoms. The van der Waals surface area contributed by atoms with Gasteiger partial charge < -0.3 is 10.3 Å². The Balaban J connectivity index is 2.18. The number of hydrogen-bond donors (Lipinski definition) is 2. The molecule has 3 atom stereocenters. The van der Waals surface area contributed by atoms with Gasteiger partial charge >= 0.3 is 0 Å². The van der Waals surface area contributed by atoms with Gasteiger partial charge in [0.15, 0.2) is 0 Å². The third-order valence-corrected chi connectivity index (χ3v) is 6.07. The van der Waals surface area contributed by atoms with Gasteiger partial charge in [-0.2, -0.15) is 0 Å². The minimum atomic E-state index is -3.45. The standard InChI is InChI=1S/C14H25N3O2S/c1-10-5-4-6-14(11(10)2)16-20(18,19)13-7-12(8-15)17(3)9-13/h7,9-11,14,16H,4-6,8,15H2,1-3H3. The minimum Gasteiger partial charge on any atom is -0.352 e. The summed E-state index contributed by atoms with van der Waals surface area (Å²) in [7, 11) is -1.64. The second-order valence-corrected chi connectivity index (χ2v) is 7.69. The van der Waals surface area contributed by atoms with E-state index >= 15 is 0 Å². The lowest BCUT2D eigenvalue weighted by Crippen LogP contribution is -2.43. The first-order chi connectivity index (χ1) is 9.35. The summed E-state index contributed by atoms with van der Waals surface area (Å²) < 4.78 is 29.6. The van der Waals surface area contributed by atoms with E-state index in [4.69, 9.17) is 5.73 Å². The van der Waals surface area contributed by atoms with E-state index in [1.165, 1.54) is 6.42 Å². The topological polar surface area (TPSA) is 77.1 Å². The summed E-state index contributed by atoms with van der Waals surface area (Å²) in [5, 5.41) is 0. The first-order valence-corrected chi connectivity index (χ1v) is 8.71. The fourth-order valence-corrected chi connectivity index (χ4v) is 4.40. The van der Waals surface area contributed by atoms with E-state index < -0.39 is 10.0 Å². The summed E-state index contributed by atoms with van der Waals surface area (Å²) in [4.78, 5) is 0.311. The van der Waals surface area contributed by atoms with Crippen molar-refractivity contribution in [2.45, 2.75) is 50.6 Å². The summed E-state index contributed by atoms with van der Waals surface area (Å²) in [6.07, 6.45) is 4.81. The molecular formula is C14H25N3O2S. The van der Waals surface area contributed by atoms with Gasteiger partial charge in [0, 0.05) is 31.5 Å². The second-order valence-electron chi connectivity index (χ2n) is 5.98. The maximum Gasteiger partial charge on any atom is 0.242 e. The average Bonchev–Trinajstić information content (AvgIpc) is 2.77. The Morgan fingerprint density at radius 3 is 2.70 bits per heavy atom. The molecule has 1 fully saturated rings. The molecule has 0 radical (unpaired) electrons. The van der Waals surface area contributed by atoms with Crippen LogP contribution in [-0.4, -0.2) is 19.0 Å². The summed E-state index contributed by atoms with van der Waals surface area (Å²) in [5.41, 5.74) is 6.41. The van der Waals surface area contributed by atoms with Crippen LogP contribution < -0.4 is 10.5 Å². The monoisotopic (exact) mass is 299 g/mol. The molecule has 0 amide bonds. The lowest BCUT2D eigenvalue weighted by molar-refractivity contribution is 0.227. The Morgan fingerprint density at radius 1 is 1.40 bits per heavy atom. The number of hydrogen-bond acceptors (Lipinski definition) is 3. The van der Waals surface area contributed by atoms with Gasteiger partial charge in [-0.3, -0.25) is 0 Å². The van der Waals surface area contributed by atoms with Crippen LogP contribution in [0.5, 0.6) is 0 Å². The highest BCUT2D eigenvalue weighted by Gasteiger charge is 2.31. The van der Waals surface area contributed by atoms with Gasteiger partial charge in [-0.1, -0.05) is 26.7 Å². The molecule has 3 unspecified atom stereocenters. The molecule has 1 aromatic heterocycles. The van der Waals surface area contributed by atoms with E-state index in [0.29, 0.717) is 23.3 Å². The van der Waals surface area contributed by atoms with Crippen LogP contribution in [0, 0.1) is 11.8 Å². The minimum absolute atomic E-state index is 0.0327. The third kappa shape index (κ3) is 3.07. The van der Waals surface area contributed by atoms with E-state index in [2.05, 4.69) is 18.6 Å². The Labute approximate surface area is 121 Å². The Hall–Kier alpha value is -0.850. The van der Waals surface area contributed by atoms with Crippen LogP contribution in [0.15, 0.2) is 17.2 Å². The molecule has 1 aromatic rings. The summed E-state index contributed by atoms with van der Waals surface area (Å²) in [6.45, 7) is 4.66. The molecule has 0 saturated heterocycles. The molecule has 0 spiro atoms. The maximum absolute atomic E-state index is 12.5. The van der Waals surface area contributed by atoms with Crippen molar-refractivity contribution < 1.29 is 8.42 Å². The summed E-state index contributed by atoms with van der Waals surface area (Å²) in [6, 6.07) is 1.68. The fraction of sp³-hybridized carbons (Fsp3) is 0.714. The normalized spacial score (nSPS) is 27.7. The van der Waals surface area contributed by atoms with E-state index in [0.717, 1.165) is 18.5 Å². The van der Waals surface area contributed by atoms with Gasteiger partial charge in [-0.05, 0) is 24.3 Å². The fourth-order valence-electron chi connectivity index (χ4n) is 2.94. The van der Waals surface area contributed by atoms with Crippen LogP contribution in [0.25, 0.3) is 0 Å². The Bertz CT molecular complexity index is 565. The van der Waals surface area contributed by atoms with E-state index in [1.54, 1.807) is 16.8 Å². The van der Waals surface area contributed by atoms with Gasteiger partial charge in [0.1, 0.15) is 0 Å². The first-order valence-electron chi connectivity index (χ1n) is 7.22. The molecular weight excluding hydrogens is 274 g/mol. The van der Waals surface area contributed by atoms with Crippen molar-refractivity contribution >= 4 is 10.0 Å². The largest absolute Gasteiger partial charge is 0.352 e. The van der Waals surface area contributed by atoms with Crippen LogP contribution in [0.4, 0.5) is 0 Å². The van der Waals surface area contributed by atoms with Crippen LogP contribution in [0.3, 0.4) is 0 Å². The number of nitrogens with two attached hydrogens (primary N) is 1. The van der Waals surface area contributed by atoms with Crippen molar-refractivity contribution in [2.24, 2.45) is 24.6 Å². The third-order valence-electron chi connectivity index (χ3n) is 4.62. The van der Waals surface area contributed by atoms with Crippen molar-refractivity contribution in [2.75, 3.05) is 0 Å². The molecule has 1 heterocycles. The van der Waals surface area contributed by atoms with Crippen LogP contribution in [-0.2, 0) is 23.6 Å². The molecule has 114 valence electrons. The SMILES string of the molecule is CC1CCCC(NS(=O)(=O)c2cc(CN)n(C)c2)C1C. The quantitative estimate of drug-likeness (QED) is 0.886. The number of aromatic nitrogens is 1. The first kappa shape index (κ1) is 15.5. The summed E-state index contributed by atoms with van der Waals surface area (Å²) >= 11 is 0. The van der Waals surface area contributed by atoms with Crippen molar-refractivity contribution in [3.63, 3.8) is 0 Å². The summed E-state index contributed by atoms with van der Waals surface area (Å²) in [5.74, 6) is 0.933. The van der Waals surface area contributed by atoms with Crippen molar-refractivity contribution in [3.05, 3.63) is 18.0 Å². The second kappa shape index (κ2) is 5.87. The lowest BCUT2D eigenvalue weighted by atomic mass is 9.78. The molecule has 6 heteroatoms. The molecule has 1 aliphatic carbocycles. The van der Waals surface area contributed by atoms with E-state index in [1.807, 2.05) is 7.05 Å². The average molecular weight is 299 g/mol. The number of rotatable bonds is 4. The molecule has 1 aliphatic rings. The van der Waals surface area contributed by atoms with Gasteiger partial charge in [0.2, 0.25) is 10.0 Å². The Morgan fingerprint density at radius 2 is 2.10 bits per heavy atom. The molecule has 0 aromatic carbocycles. The number of sulfonamides is 1. The van der Waals surface area contributed by atoms with Crippen LogP contribution in [0.2, 0.25) is 0 Å². The molecule has 2 rings (SSSR count). The predicted octanol–water partition coefficient (Wildman–Crippen LogP) is 1.59. The molecule has 3 N–H and O–H groups in total. The molecule has 5 nitrogen and oxygen atoms in total. The van der Waals surface area contributed by atoms with Crippen molar-refractivity contribution in [1.29, 1.82) is 0 Å². The smallest absolute Gasteiger partial charge is 0.242 e. The van der Waals surface area contributed by atoms with Crippen LogP contribution >= 0.6 is 0 Å². The highest BCUT2D eigenvalue weighted by molar-refractivity contribution is 7.89. The zero-order valence-electron chi connectivity index (χ0n) is 12.5. The zero-order valence-corrected chi connectivity index (χ0v) is 13.3. The van der Waals surface area contributed by atoms with Gasteiger partial charge in [0.05, 0.1) is 4.90 Å². The van der Waals surface area contributed by atoms with Crippen LogP contribution in [0.1, 0.15) is 38.8 Å². The van der Waals surface area contributed by atoms with Crippen molar-refractivity contribution in [1.82, 2.24) is 9.29 Å². The number of nitrogens with one attached hydrogen (secondary N) is 1.